The lowest BCUT2D eigenvalue weighted by molar-refractivity contribution is 0.0812. The SMILES string of the molecule is CCS(=O)(=O)CC(C)NC(C)C1CCCO1. The highest BCUT2D eigenvalue weighted by Crippen LogP contribution is 2.15. The predicted molar refractivity (Wildman–Crippen MR) is 65.4 cm³/mol. The van der Waals surface area contributed by atoms with E-state index in [0.717, 1.165) is 19.4 Å². The number of rotatable bonds is 6. The van der Waals surface area contributed by atoms with Crippen LogP contribution in [0.25, 0.3) is 0 Å². The van der Waals surface area contributed by atoms with E-state index in [-0.39, 0.29) is 29.7 Å². The minimum atomic E-state index is -2.89. The molecule has 1 aliphatic rings. The number of nitrogens with one attached hydrogen (secondary N) is 1. The monoisotopic (exact) mass is 249 g/mol. The highest BCUT2D eigenvalue weighted by molar-refractivity contribution is 7.91. The summed E-state index contributed by atoms with van der Waals surface area (Å²) >= 11 is 0. The van der Waals surface area contributed by atoms with E-state index < -0.39 is 9.84 Å². The van der Waals surface area contributed by atoms with Crippen molar-refractivity contribution >= 4 is 9.84 Å². The first kappa shape index (κ1) is 13.9. The second-order valence-electron chi connectivity index (χ2n) is 4.61. The Hall–Kier alpha value is -0.130. The Balaban J connectivity index is 2.35. The van der Waals surface area contributed by atoms with Crippen LogP contribution in [0.5, 0.6) is 0 Å². The minimum Gasteiger partial charge on any atom is -0.377 e. The molecule has 96 valence electrons. The number of hydrogen-bond acceptors (Lipinski definition) is 4. The number of hydrogen-bond donors (Lipinski definition) is 1. The molecule has 1 N–H and O–H groups in total. The zero-order chi connectivity index (χ0) is 12.2. The summed E-state index contributed by atoms with van der Waals surface area (Å²) < 4.78 is 28.4. The lowest BCUT2D eigenvalue weighted by Gasteiger charge is -2.24. The van der Waals surface area contributed by atoms with Crippen LogP contribution in [0.3, 0.4) is 0 Å². The summed E-state index contributed by atoms with van der Waals surface area (Å²) in [7, 11) is -2.89. The van der Waals surface area contributed by atoms with Gasteiger partial charge in [0.15, 0.2) is 9.84 Å². The van der Waals surface area contributed by atoms with E-state index in [1.807, 2.05) is 6.92 Å². The molecule has 5 heteroatoms. The Bertz CT molecular complexity index is 296. The Labute approximate surface area is 98.7 Å². The quantitative estimate of drug-likeness (QED) is 0.762. The van der Waals surface area contributed by atoms with Gasteiger partial charge in [0.05, 0.1) is 11.9 Å². The van der Waals surface area contributed by atoms with E-state index >= 15 is 0 Å². The topological polar surface area (TPSA) is 55.4 Å². The van der Waals surface area contributed by atoms with E-state index in [1.165, 1.54) is 0 Å². The summed E-state index contributed by atoms with van der Waals surface area (Å²) in [5.74, 6) is 0.424. The first-order chi connectivity index (χ1) is 7.44. The average Bonchev–Trinajstić information content (AvgIpc) is 2.69. The third-order valence-corrected chi connectivity index (χ3v) is 4.90. The van der Waals surface area contributed by atoms with Gasteiger partial charge >= 0.3 is 0 Å². The average molecular weight is 249 g/mol. The molecule has 0 amide bonds. The van der Waals surface area contributed by atoms with Crippen LogP contribution in [-0.2, 0) is 14.6 Å². The van der Waals surface area contributed by atoms with Crippen molar-refractivity contribution in [3.05, 3.63) is 0 Å². The molecule has 1 saturated heterocycles. The van der Waals surface area contributed by atoms with Gasteiger partial charge < -0.3 is 10.1 Å². The molecule has 0 saturated carbocycles. The molecule has 0 spiro atoms. The third kappa shape index (κ3) is 4.39. The van der Waals surface area contributed by atoms with Gasteiger partial charge in [-0.2, -0.15) is 0 Å². The Morgan fingerprint density at radius 1 is 1.44 bits per heavy atom. The lowest BCUT2D eigenvalue weighted by atomic mass is 10.1. The van der Waals surface area contributed by atoms with Gasteiger partial charge in [-0.3, -0.25) is 0 Å². The molecule has 1 heterocycles. The first-order valence-electron chi connectivity index (χ1n) is 6.02. The molecule has 1 rings (SSSR count). The van der Waals surface area contributed by atoms with Gasteiger partial charge in [-0.05, 0) is 26.7 Å². The van der Waals surface area contributed by atoms with Crippen molar-refractivity contribution in [2.75, 3.05) is 18.1 Å². The van der Waals surface area contributed by atoms with Crippen LogP contribution < -0.4 is 5.32 Å². The van der Waals surface area contributed by atoms with Crippen LogP contribution in [0.1, 0.15) is 33.6 Å². The minimum absolute atomic E-state index is 0.0100. The molecular weight excluding hydrogens is 226 g/mol. The molecule has 4 nitrogen and oxygen atoms in total. The fourth-order valence-corrected chi connectivity index (χ4v) is 3.19. The van der Waals surface area contributed by atoms with E-state index in [9.17, 15) is 8.42 Å². The van der Waals surface area contributed by atoms with Crippen molar-refractivity contribution in [1.29, 1.82) is 0 Å². The number of sulfone groups is 1. The Kier molecular flexibility index (Phi) is 5.21. The molecule has 0 aromatic rings. The van der Waals surface area contributed by atoms with Gasteiger partial charge in [0, 0.05) is 24.4 Å². The maximum absolute atomic E-state index is 11.4. The molecule has 0 aromatic carbocycles. The summed E-state index contributed by atoms with van der Waals surface area (Å²) in [6.45, 7) is 6.49. The molecular formula is C11H23NO3S. The van der Waals surface area contributed by atoms with Crippen LogP contribution in [0, 0.1) is 0 Å². The molecule has 0 bridgehead atoms. The lowest BCUT2D eigenvalue weighted by Crippen LogP contribution is -2.45. The van der Waals surface area contributed by atoms with Crippen molar-refractivity contribution in [1.82, 2.24) is 5.32 Å². The van der Waals surface area contributed by atoms with Gasteiger partial charge in [0.25, 0.3) is 0 Å². The van der Waals surface area contributed by atoms with Gasteiger partial charge in [-0.1, -0.05) is 6.92 Å². The van der Waals surface area contributed by atoms with E-state index in [1.54, 1.807) is 6.92 Å². The normalized spacial score (nSPS) is 25.6. The fraction of sp³-hybridized carbons (Fsp3) is 1.00. The van der Waals surface area contributed by atoms with Crippen molar-refractivity contribution in [3.8, 4) is 0 Å². The second kappa shape index (κ2) is 5.98. The van der Waals surface area contributed by atoms with Gasteiger partial charge in [-0.15, -0.1) is 0 Å². The fourth-order valence-electron chi connectivity index (χ4n) is 2.10. The summed E-state index contributed by atoms with van der Waals surface area (Å²) in [4.78, 5) is 0. The summed E-state index contributed by atoms with van der Waals surface area (Å²) in [6, 6.07) is 0.216. The summed E-state index contributed by atoms with van der Waals surface area (Å²) in [5, 5.41) is 3.31. The molecule has 3 unspecified atom stereocenters. The third-order valence-electron chi connectivity index (χ3n) is 3.01. The second-order valence-corrected chi connectivity index (χ2v) is 7.00. The van der Waals surface area contributed by atoms with Crippen LogP contribution in [0.15, 0.2) is 0 Å². The smallest absolute Gasteiger partial charge is 0.151 e. The van der Waals surface area contributed by atoms with Crippen molar-refractivity contribution < 1.29 is 13.2 Å². The van der Waals surface area contributed by atoms with Crippen molar-refractivity contribution in [2.24, 2.45) is 0 Å². The number of ether oxygens (including phenoxy) is 1. The summed E-state index contributed by atoms with van der Waals surface area (Å²) in [5.41, 5.74) is 0. The van der Waals surface area contributed by atoms with Gasteiger partial charge in [0.1, 0.15) is 0 Å². The predicted octanol–water partition coefficient (Wildman–Crippen LogP) is 0.967. The molecule has 0 aromatic heterocycles. The molecule has 16 heavy (non-hydrogen) atoms. The van der Waals surface area contributed by atoms with Crippen LogP contribution in [0.4, 0.5) is 0 Å². The highest BCUT2D eigenvalue weighted by Gasteiger charge is 2.24. The molecule has 1 fully saturated rings. The van der Waals surface area contributed by atoms with E-state index in [2.05, 4.69) is 12.2 Å². The molecule has 1 aliphatic heterocycles. The standard InChI is InChI=1S/C11H23NO3S/c1-4-16(13,14)8-9(2)12-10(3)11-6-5-7-15-11/h9-12H,4-8H2,1-3H3. The summed E-state index contributed by atoms with van der Waals surface area (Å²) in [6.07, 6.45) is 2.42. The molecule has 3 atom stereocenters. The van der Waals surface area contributed by atoms with Crippen molar-refractivity contribution in [3.63, 3.8) is 0 Å². The van der Waals surface area contributed by atoms with Gasteiger partial charge in [0.2, 0.25) is 0 Å². The molecule has 0 radical (unpaired) electrons. The van der Waals surface area contributed by atoms with Crippen molar-refractivity contribution in [2.45, 2.75) is 51.8 Å². The molecule has 0 aliphatic carbocycles. The highest BCUT2D eigenvalue weighted by atomic mass is 32.2. The van der Waals surface area contributed by atoms with E-state index in [0.29, 0.717) is 0 Å². The Morgan fingerprint density at radius 2 is 2.12 bits per heavy atom. The van der Waals surface area contributed by atoms with Crippen LogP contribution >= 0.6 is 0 Å². The zero-order valence-corrected chi connectivity index (χ0v) is 11.2. The maximum Gasteiger partial charge on any atom is 0.151 e. The van der Waals surface area contributed by atoms with Gasteiger partial charge in [-0.25, -0.2) is 8.42 Å². The largest absolute Gasteiger partial charge is 0.377 e. The maximum atomic E-state index is 11.4. The van der Waals surface area contributed by atoms with E-state index in [4.69, 9.17) is 4.74 Å². The first-order valence-corrected chi connectivity index (χ1v) is 7.85. The van der Waals surface area contributed by atoms with Crippen LogP contribution in [-0.4, -0.2) is 44.7 Å². The Morgan fingerprint density at radius 3 is 2.62 bits per heavy atom. The van der Waals surface area contributed by atoms with Crippen LogP contribution in [0.2, 0.25) is 0 Å². The zero-order valence-electron chi connectivity index (χ0n) is 10.4.